The minimum Gasteiger partial charge on any atom is -0.299 e. The van der Waals surface area contributed by atoms with Gasteiger partial charge in [-0.3, -0.25) is 4.79 Å². The molecule has 0 amide bonds. The quantitative estimate of drug-likeness (QED) is 0.654. The van der Waals surface area contributed by atoms with Crippen LogP contribution in [0.3, 0.4) is 0 Å². The highest BCUT2D eigenvalue weighted by atomic mass is 16.1. The second-order valence-electron chi connectivity index (χ2n) is 7.60. The molecule has 106 valence electrons. The van der Waals surface area contributed by atoms with Gasteiger partial charge in [0.05, 0.1) is 0 Å². The fraction of sp³-hybridized carbons (Fsp3) is 0.941. The molecule has 0 bridgehead atoms. The standard InChI is InChI=1S/C17H32O/c1-6-14-9-7-8-10-15(14)16(18)11-13(2)12-17(3,4)5/h13-15H,6-12H2,1-5H3. The topological polar surface area (TPSA) is 17.1 Å². The highest BCUT2D eigenvalue weighted by molar-refractivity contribution is 5.81. The van der Waals surface area contributed by atoms with E-state index in [0.29, 0.717) is 29.0 Å². The molecule has 0 heterocycles. The van der Waals surface area contributed by atoms with E-state index in [1.165, 1.54) is 25.7 Å². The number of ketones is 1. The number of Topliss-reactive ketones (excluding diaryl/α,β-unsaturated/α-hetero) is 1. The SMILES string of the molecule is CCC1CCCCC1C(=O)CC(C)CC(C)(C)C. The monoisotopic (exact) mass is 252 g/mol. The molecule has 3 atom stereocenters. The van der Waals surface area contributed by atoms with Crippen LogP contribution < -0.4 is 0 Å². The Balaban J connectivity index is 2.48. The van der Waals surface area contributed by atoms with Crippen LogP contribution in [0.2, 0.25) is 0 Å². The summed E-state index contributed by atoms with van der Waals surface area (Å²) >= 11 is 0. The molecule has 18 heavy (non-hydrogen) atoms. The normalized spacial score (nSPS) is 26.9. The summed E-state index contributed by atoms with van der Waals surface area (Å²) < 4.78 is 0. The molecule has 0 radical (unpaired) electrons. The van der Waals surface area contributed by atoms with Gasteiger partial charge in [0.1, 0.15) is 5.78 Å². The number of carbonyl (C=O) groups excluding carboxylic acids is 1. The van der Waals surface area contributed by atoms with Gasteiger partial charge in [-0.05, 0) is 36.5 Å². The summed E-state index contributed by atoms with van der Waals surface area (Å²) in [4.78, 5) is 12.5. The van der Waals surface area contributed by atoms with Crippen molar-refractivity contribution in [2.45, 2.75) is 79.6 Å². The fourth-order valence-corrected chi connectivity index (χ4v) is 3.73. The van der Waals surface area contributed by atoms with E-state index in [-0.39, 0.29) is 0 Å². The molecule has 1 fully saturated rings. The van der Waals surface area contributed by atoms with Gasteiger partial charge in [-0.1, -0.05) is 53.9 Å². The first-order chi connectivity index (χ1) is 8.33. The molecular weight excluding hydrogens is 220 g/mol. The molecule has 0 aromatic rings. The molecular formula is C17H32O. The van der Waals surface area contributed by atoms with E-state index in [9.17, 15) is 4.79 Å². The largest absolute Gasteiger partial charge is 0.299 e. The maximum atomic E-state index is 12.5. The highest BCUT2D eigenvalue weighted by Gasteiger charge is 2.30. The predicted molar refractivity (Wildman–Crippen MR) is 78.6 cm³/mol. The summed E-state index contributed by atoms with van der Waals surface area (Å²) in [6.45, 7) is 11.3. The van der Waals surface area contributed by atoms with Gasteiger partial charge in [-0.2, -0.15) is 0 Å². The third kappa shape index (κ3) is 5.12. The molecule has 0 aliphatic heterocycles. The Morgan fingerprint density at radius 2 is 1.83 bits per heavy atom. The average molecular weight is 252 g/mol. The van der Waals surface area contributed by atoms with Crippen molar-refractivity contribution in [2.24, 2.45) is 23.2 Å². The zero-order chi connectivity index (χ0) is 13.8. The zero-order valence-electron chi connectivity index (χ0n) is 13.1. The van der Waals surface area contributed by atoms with E-state index >= 15 is 0 Å². The second kappa shape index (κ2) is 6.73. The van der Waals surface area contributed by atoms with Crippen LogP contribution in [0.5, 0.6) is 0 Å². The van der Waals surface area contributed by atoms with Crippen molar-refractivity contribution in [1.82, 2.24) is 0 Å². The smallest absolute Gasteiger partial charge is 0.136 e. The van der Waals surface area contributed by atoms with Gasteiger partial charge in [0, 0.05) is 12.3 Å². The van der Waals surface area contributed by atoms with E-state index in [4.69, 9.17) is 0 Å². The molecule has 1 saturated carbocycles. The molecule has 0 spiro atoms. The summed E-state index contributed by atoms with van der Waals surface area (Å²) in [6, 6.07) is 0. The Bertz CT molecular complexity index is 261. The maximum absolute atomic E-state index is 12.5. The number of hydrogen-bond donors (Lipinski definition) is 0. The van der Waals surface area contributed by atoms with E-state index in [1.54, 1.807) is 0 Å². The van der Waals surface area contributed by atoms with E-state index in [1.807, 2.05) is 0 Å². The van der Waals surface area contributed by atoms with Crippen LogP contribution in [0, 0.1) is 23.2 Å². The zero-order valence-corrected chi connectivity index (χ0v) is 13.1. The van der Waals surface area contributed by atoms with E-state index < -0.39 is 0 Å². The van der Waals surface area contributed by atoms with Crippen molar-refractivity contribution in [3.8, 4) is 0 Å². The maximum Gasteiger partial charge on any atom is 0.136 e. The van der Waals surface area contributed by atoms with Crippen LogP contribution in [-0.2, 0) is 4.79 Å². The fourth-order valence-electron chi connectivity index (χ4n) is 3.73. The summed E-state index contributed by atoms with van der Waals surface area (Å²) in [6.07, 6.45) is 8.17. The first kappa shape index (κ1) is 15.7. The van der Waals surface area contributed by atoms with Crippen molar-refractivity contribution in [2.75, 3.05) is 0 Å². The number of rotatable bonds is 5. The van der Waals surface area contributed by atoms with Crippen molar-refractivity contribution in [3.63, 3.8) is 0 Å². The molecule has 1 nitrogen and oxygen atoms in total. The van der Waals surface area contributed by atoms with Crippen LogP contribution in [0.15, 0.2) is 0 Å². The van der Waals surface area contributed by atoms with Crippen molar-refractivity contribution >= 4 is 5.78 Å². The highest BCUT2D eigenvalue weighted by Crippen LogP contribution is 2.35. The van der Waals surface area contributed by atoms with Crippen LogP contribution in [0.25, 0.3) is 0 Å². The van der Waals surface area contributed by atoms with Crippen LogP contribution in [0.1, 0.15) is 79.6 Å². The Hall–Kier alpha value is -0.330. The molecule has 1 aliphatic carbocycles. The predicted octanol–water partition coefficient (Wildman–Crippen LogP) is 5.23. The summed E-state index contributed by atoms with van der Waals surface area (Å²) in [5, 5.41) is 0. The average Bonchev–Trinajstić information content (AvgIpc) is 2.26. The van der Waals surface area contributed by atoms with Crippen LogP contribution >= 0.6 is 0 Å². The lowest BCUT2D eigenvalue weighted by atomic mass is 9.73. The van der Waals surface area contributed by atoms with Gasteiger partial charge in [0.15, 0.2) is 0 Å². The molecule has 0 saturated heterocycles. The van der Waals surface area contributed by atoms with Gasteiger partial charge in [0.25, 0.3) is 0 Å². The summed E-state index contributed by atoms with van der Waals surface area (Å²) in [7, 11) is 0. The van der Waals surface area contributed by atoms with Gasteiger partial charge in [-0.25, -0.2) is 0 Å². The van der Waals surface area contributed by atoms with Gasteiger partial charge < -0.3 is 0 Å². The third-order valence-corrected chi connectivity index (χ3v) is 4.36. The molecule has 1 aliphatic rings. The molecule has 0 N–H and O–H groups in total. The second-order valence-corrected chi connectivity index (χ2v) is 7.60. The Kier molecular flexibility index (Phi) is 5.88. The van der Waals surface area contributed by atoms with Gasteiger partial charge in [-0.15, -0.1) is 0 Å². The Morgan fingerprint density at radius 3 is 2.39 bits per heavy atom. The lowest BCUT2D eigenvalue weighted by Gasteiger charge is -2.31. The van der Waals surface area contributed by atoms with Crippen LogP contribution in [-0.4, -0.2) is 5.78 Å². The lowest BCUT2D eigenvalue weighted by molar-refractivity contribution is -0.126. The molecule has 1 rings (SSSR count). The molecule has 0 aromatic heterocycles. The molecule has 0 aromatic carbocycles. The van der Waals surface area contributed by atoms with Gasteiger partial charge >= 0.3 is 0 Å². The van der Waals surface area contributed by atoms with Gasteiger partial charge in [0.2, 0.25) is 0 Å². The van der Waals surface area contributed by atoms with Crippen molar-refractivity contribution in [1.29, 1.82) is 0 Å². The third-order valence-electron chi connectivity index (χ3n) is 4.36. The first-order valence-corrected chi connectivity index (χ1v) is 7.86. The van der Waals surface area contributed by atoms with Crippen LogP contribution in [0.4, 0.5) is 0 Å². The summed E-state index contributed by atoms with van der Waals surface area (Å²) in [5.74, 6) is 2.15. The van der Waals surface area contributed by atoms with E-state index in [2.05, 4.69) is 34.6 Å². The first-order valence-electron chi connectivity index (χ1n) is 7.86. The van der Waals surface area contributed by atoms with Crippen molar-refractivity contribution in [3.05, 3.63) is 0 Å². The minimum atomic E-state index is 0.344. The lowest BCUT2D eigenvalue weighted by Crippen LogP contribution is -2.28. The molecule has 1 heteroatoms. The Labute approximate surface area is 114 Å². The minimum absolute atomic E-state index is 0.344. The molecule has 3 unspecified atom stereocenters. The van der Waals surface area contributed by atoms with Crippen molar-refractivity contribution < 1.29 is 4.79 Å². The Morgan fingerprint density at radius 1 is 1.22 bits per heavy atom. The van der Waals surface area contributed by atoms with E-state index in [0.717, 1.165) is 19.3 Å². The summed E-state index contributed by atoms with van der Waals surface area (Å²) in [5.41, 5.74) is 0.344. The number of hydrogen-bond acceptors (Lipinski definition) is 1. The number of carbonyl (C=O) groups is 1.